The molecule has 0 bridgehead atoms. The van der Waals surface area contributed by atoms with Gasteiger partial charge in [-0.1, -0.05) is 0 Å². The minimum absolute atomic E-state index is 0.0306. The molecule has 1 unspecified atom stereocenters. The van der Waals surface area contributed by atoms with Crippen LogP contribution in [-0.2, 0) is 9.59 Å². The number of ether oxygens (including phenoxy) is 1. The number of nitrogens with one attached hydrogen (secondary N) is 1. The molecule has 3 rings (SSSR count). The van der Waals surface area contributed by atoms with Gasteiger partial charge in [-0.2, -0.15) is 5.10 Å². The lowest BCUT2D eigenvalue weighted by Gasteiger charge is -2.20. The molecule has 1 aliphatic heterocycles. The van der Waals surface area contributed by atoms with Crippen molar-refractivity contribution >= 4 is 28.9 Å². The predicted octanol–water partition coefficient (Wildman–Crippen LogP) is 2.03. The van der Waals surface area contributed by atoms with E-state index >= 15 is 0 Å². The Kier molecular flexibility index (Phi) is 5.02. The highest BCUT2D eigenvalue weighted by Crippen LogP contribution is 2.26. The quantitative estimate of drug-likeness (QED) is 0.837. The molecule has 140 valence electrons. The Morgan fingerprint density at radius 2 is 1.93 bits per heavy atom. The van der Waals surface area contributed by atoms with Crippen molar-refractivity contribution in [2.24, 2.45) is 10.8 Å². The molecule has 1 heterocycles. The van der Waals surface area contributed by atoms with Crippen molar-refractivity contribution < 1.29 is 23.1 Å². The molecule has 1 aliphatic rings. The first-order valence-electron chi connectivity index (χ1n) is 7.95. The molecule has 9 heteroatoms. The van der Waals surface area contributed by atoms with E-state index in [0.717, 1.165) is 6.07 Å². The van der Waals surface area contributed by atoms with Crippen LogP contribution in [-0.4, -0.2) is 30.7 Å². The second-order valence-corrected chi connectivity index (χ2v) is 5.79. The maximum Gasteiger partial charge on any atom is 0.271 e. The monoisotopic (exact) mass is 374 g/mol. The SMILES string of the molecule is COc1ccc(NC(=O)C2=NN(c3ccc(F)cc3)C(C(N)=O)C2)cc1F. The number of hydrogen-bond donors (Lipinski definition) is 2. The van der Waals surface area contributed by atoms with Gasteiger partial charge in [0, 0.05) is 18.2 Å². The van der Waals surface area contributed by atoms with E-state index in [1.165, 1.54) is 48.5 Å². The van der Waals surface area contributed by atoms with E-state index in [1.54, 1.807) is 0 Å². The Balaban J connectivity index is 1.81. The number of halogens is 2. The van der Waals surface area contributed by atoms with Gasteiger partial charge >= 0.3 is 0 Å². The summed E-state index contributed by atoms with van der Waals surface area (Å²) in [5.74, 6) is -2.32. The summed E-state index contributed by atoms with van der Waals surface area (Å²) < 4.78 is 31.7. The molecule has 0 spiro atoms. The number of anilines is 2. The van der Waals surface area contributed by atoms with Crippen LogP contribution in [0.3, 0.4) is 0 Å². The van der Waals surface area contributed by atoms with E-state index in [2.05, 4.69) is 10.4 Å². The van der Waals surface area contributed by atoms with Crippen LogP contribution in [0.25, 0.3) is 0 Å². The predicted molar refractivity (Wildman–Crippen MR) is 95.5 cm³/mol. The average Bonchev–Trinajstić information content (AvgIpc) is 3.08. The molecule has 7 nitrogen and oxygen atoms in total. The minimum atomic E-state index is -0.885. The van der Waals surface area contributed by atoms with Crippen LogP contribution in [0, 0.1) is 11.6 Å². The molecule has 0 saturated carbocycles. The van der Waals surface area contributed by atoms with Crippen LogP contribution in [0.4, 0.5) is 20.2 Å². The van der Waals surface area contributed by atoms with Gasteiger partial charge in [0.2, 0.25) is 5.91 Å². The van der Waals surface area contributed by atoms with Crippen molar-refractivity contribution in [1.29, 1.82) is 0 Å². The van der Waals surface area contributed by atoms with E-state index in [-0.39, 0.29) is 23.6 Å². The van der Waals surface area contributed by atoms with Crippen LogP contribution in [0.2, 0.25) is 0 Å². The normalized spacial score (nSPS) is 16.0. The highest BCUT2D eigenvalue weighted by molar-refractivity contribution is 6.44. The maximum atomic E-state index is 13.8. The third-order valence-electron chi connectivity index (χ3n) is 4.00. The molecule has 2 amide bonds. The first-order chi connectivity index (χ1) is 12.9. The number of nitrogens with zero attached hydrogens (tertiary/aromatic N) is 2. The van der Waals surface area contributed by atoms with Crippen molar-refractivity contribution in [3.05, 3.63) is 54.1 Å². The van der Waals surface area contributed by atoms with Gasteiger partial charge < -0.3 is 15.8 Å². The molecule has 1 atom stereocenters. The number of carbonyl (C=O) groups excluding carboxylic acids is 2. The van der Waals surface area contributed by atoms with Gasteiger partial charge in [0.15, 0.2) is 11.6 Å². The zero-order valence-electron chi connectivity index (χ0n) is 14.3. The fourth-order valence-electron chi connectivity index (χ4n) is 2.65. The summed E-state index contributed by atoms with van der Waals surface area (Å²) in [6.45, 7) is 0. The number of carbonyl (C=O) groups is 2. The summed E-state index contributed by atoms with van der Waals surface area (Å²) >= 11 is 0. The summed E-state index contributed by atoms with van der Waals surface area (Å²) in [6.07, 6.45) is -0.0306. The van der Waals surface area contributed by atoms with Crippen LogP contribution >= 0.6 is 0 Å². The molecule has 0 aromatic heterocycles. The molecular weight excluding hydrogens is 358 g/mol. The Bertz CT molecular complexity index is 915. The number of primary amides is 1. The summed E-state index contributed by atoms with van der Waals surface area (Å²) in [6, 6.07) is 8.33. The number of benzene rings is 2. The molecule has 0 fully saturated rings. The first kappa shape index (κ1) is 18.3. The van der Waals surface area contributed by atoms with E-state index < -0.39 is 29.5 Å². The molecule has 2 aromatic carbocycles. The van der Waals surface area contributed by atoms with Crippen LogP contribution in [0.15, 0.2) is 47.6 Å². The first-order valence-corrected chi connectivity index (χ1v) is 7.95. The standard InChI is InChI=1S/C18H16F2N4O3/c1-27-16-7-4-11(8-13(16)20)22-18(26)14-9-15(17(21)25)24(23-14)12-5-2-10(19)3-6-12/h2-8,15H,9H2,1H3,(H2,21,25)(H,22,26). The van der Waals surface area contributed by atoms with Crippen LogP contribution < -0.4 is 20.8 Å². The molecule has 3 N–H and O–H groups in total. The highest BCUT2D eigenvalue weighted by Gasteiger charge is 2.35. The Morgan fingerprint density at radius 1 is 1.22 bits per heavy atom. The summed E-state index contributed by atoms with van der Waals surface area (Å²) in [4.78, 5) is 24.2. The van der Waals surface area contributed by atoms with E-state index in [9.17, 15) is 18.4 Å². The van der Waals surface area contributed by atoms with Crippen molar-refractivity contribution in [2.75, 3.05) is 17.4 Å². The molecule has 0 saturated heterocycles. The number of nitrogens with two attached hydrogens (primary N) is 1. The topological polar surface area (TPSA) is 97.0 Å². The minimum Gasteiger partial charge on any atom is -0.494 e. The molecule has 0 aliphatic carbocycles. The second kappa shape index (κ2) is 7.40. The van der Waals surface area contributed by atoms with Crippen LogP contribution in [0.1, 0.15) is 6.42 Å². The second-order valence-electron chi connectivity index (χ2n) is 5.79. The lowest BCUT2D eigenvalue weighted by molar-refractivity contribution is -0.119. The number of amides is 2. The smallest absolute Gasteiger partial charge is 0.271 e. The van der Waals surface area contributed by atoms with Crippen molar-refractivity contribution in [3.63, 3.8) is 0 Å². The Morgan fingerprint density at radius 3 is 2.52 bits per heavy atom. The molecular formula is C18H16F2N4O3. The lowest BCUT2D eigenvalue weighted by atomic mass is 10.1. The molecule has 27 heavy (non-hydrogen) atoms. The van der Waals surface area contributed by atoms with Gasteiger partial charge in [0.25, 0.3) is 5.91 Å². The van der Waals surface area contributed by atoms with Gasteiger partial charge in [-0.05, 0) is 36.4 Å². The number of rotatable bonds is 5. The highest BCUT2D eigenvalue weighted by atomic mass is 19.1. The zero-order valence-corrected chi connectivity index (χ0v) is 14.3. The lowest BCUT2D eigenvalue weighted by Crippen LogP contribution is -2.39. The zero-order chi connectivity index (χ0) is 19.6. The maximum absolute atomic E-state index is 13.8. The van der Waals surface area contributed by atoms with E-state index in [4.69, 9.17) is 10.5 Å². The van der Waals surface area contributed by atoms with Gasteiger partial charge in [-0.25, -0.2) is 8.78 Å². The number of hydrazone groups is 1. The number of methoxy groups -OCH3 is 1. The molecule has 2 aromatic rings. The van der Waals surface area contributed by atoms with Crippen molar-refractivity contribution in [3.8, 4) is 5.75 Å². The third-order valence-corrected chi connectivity index (χ3v) is 4.00. The fourth-order valence-corrected chi connectivity index (χ4v) is 2.65. The van der Waals surface area contributed by atoms with Gasteiger partial charge in [0.1, 0.15) is 17.6 Å². The fraction of sp³-hybridized carbons (Fsp3) is 0.167. The average molecular weight is 374 g/mol. The summed E-state index contributed by atoms with van der Waals surface area (Å²) in [5, 5.41) is 7.92. The Labute approximate surface area is 153 Å². The van der Waals surface area contributed by atoms with Gasteiger partial charge in [0.05, 0.1) is 12.8 Å². The Hall–Kier alpha value is -3.49. The van der Waals surface area contributed by atoms with Crippen molar-refractivity contribution in [2.45, 2.75) is 12.5 Å². The van der Waals surface area contributed by atoms with E-state index in [0.29, 0.717) is 5.69 Å². The van der Waals surface area contributed by atoms with Gasteiger partial charge in [-0.3, -0.25) is 14.6 Å². The van der Waals surface area contributed by atoms with Crippen molar-refractivity contribution in [1.82, 2.24) is 0 Å². The summed E-state index contributed by atoms with van der Waals surface area (Å²) in [5.41, 5.74) is 6.06. The number of hydrogen-bond acceptors (Lipinski definition) is 5. The summed E-state index contributed by atoms with van der Waals surface area (Å²) in [7, 11) is 1.33. The van der Waals surface area contributed by atoms with E-state index in [1.807, 2.05) is 0 Å². The molecule has 0 radical (unpaired) electrons. The largest absolute Gasteiger partial charge is 0.494 e. The third kappa shape index (κ3) is 3.86. The van der Waals surface area contributed by atoms with Crippen LogP contribution in [0.5, 0.6) is 5.75 Å². The van der Waals surface area contributed by atoms with Gasteiger partial charge in [-0.15, -0.1) is 0 Å².